The first-order valence-corrected chi connectivity index (χ1v) is 6.85. The number of benzene rings is 1. The molecule has 1 aromatic rings. The molecule has 59 valence electrons. The van der Waals surface area contributed by atoms with Crippen molar-refractivity contribution in [3.05, 3.63) is 20.3 Å². The van der Waals surface area contributed by atoms with Crippen molar-refractivity contribution >= 4 is 90.4 Å². The Morgan fingerprint density at radius 3 is 2.00 bits per heavy atom. The molecule has 0 aliphatic heterocycles. The van der Waals surface area contributed by atoms with Gasteiger partial charge in [-0.2, -0.15) is 0 Å². The molecule has 5 heteroatoms. The molecule has 0 N–H and O–H groups in total. The van der Waals surface area contributed by atoms with Gasteiger partial charge in [0.15, 0.2) is 0 Å². The molecular formula is C6HI4O. The summed E-state index contributed by atoms with van der Waals surface area (Å²) in [6, 6.07) is 1.91. The zero-order valence-corrected chi connectivity index (χ0v) is 13.6. The summed E-state index contributed by atoms with van der Waals surface area (Å²) in [5, 5.41) is 11.3. The third-order valence-electron chi connectivity index (χ3n) is 1.07. The average molecular weight is 597 g/mol. The highest BCUT2D eigenvalue weighted by Gasteiger charge is 2.11. The zero-order valence-electron chi connectivity index (χ0n) is 5.00. The Morgan fingerprint density at radius 2 is 1.45 bits per heavy atom. The highest BCUT2D eigenvalue weighted by Crippen LogP contribution is 2.33. The van der Waals surface area contributed by atoms with Crippen LogP contribution in [-0.4, -0.2) is 0 Å². The summed E-state index contributed by atoms with van der Waals surface area (Å²) < 4.78 is 3.85. The molecule has 1 aromatic carbocycles. The van der Waals surface area contributed by atoms with Gasteiger partial charge in [0.2, 0.25) is 5.75 Å². The van der Waals surface area contributed by atoms with E-state index in [1.165, 1.54) is 0 Å². The first-order valence-electron chi connectivity index (χ1n) is 2.54. The van der Waals surface area contributed by atoms with Crippen LogP contribution in [0.15, 0.2) is 6.07 Å². The molecule has 0 saturated carbocycles. The molecule has 0 aliphatic carbocycles. The third kappa shape index (κ3) is 2.45. The van der Waals surface area contributed by atoms with Crippen LogP contribution in [0.4, 0.5) is 0 Å². The maximum atomic E-state index is 11.3. The lowest BCUT2D eigenvalue weighted by atomic mass is 10.3. The van der Waals surface area contributed by atoms with Crippen LogP contribution < -0.4 is 0 Å². The normalized spacial score (nSPS) is 10.2. The van der Waals surface area contributed by atoms with Gasteiger partial charge in [0.05, 0.1) is 7.14 Å². The third-order valence-corrected chi connectivity index (χ3v) is 6.94. The second-order valence-electron chi connectivity index (χ2n) is 1.80. The van der Waals surface area contributed by atoms with E-state index < -0.39 is 0 Å². The van der Waals surface area contributed by atoms with E-state index in [2.05, 4.69) is 90.4 Å². The van der Waals surface area contributed by atoms with Crippen molar-refractivity contribution in [2.24, 2.45) is 0 Å². The Hall–Kier alpha value is 1.94. The van der Waals surface area contributed by atoms with Crippen LogP contribution in [0.2, 0.25) is 0 Å². The van der Waals surface area contributed by atoms with E-state index in [4.69, 9.17) is 0 Å². The van der Waals surface area contributed by atoms with Gasteiger partial charge in [0.25, 0.3) is 0 Å². The summed E-state index contributed by atoms with van der Waals surface area (Å²) in [4.78, 5) is 0. The number of hydrogen-bond acceptors (Lipinski definition) is 0. The lowest BCUT2D eigenvalue weighted by molar-refractivity contribution is 0.348. The van der Waals surface area contributed by atoms with Crippen molar-refractivity contribution in [3.63, 3.8) is 0 Å². The smallest absolute Gasteiger partial charge is 0.206 e. The second-order valence-corrected chi connectivity index (χ2v) is 6.28. The van der Waals surface area contributed by atoms with Crippen molar-refractivity contribution < 1.29 is 5.11 Å². The van der Waals surface area contributed by atoms with Crippen LogP contribution in [0.3, 0.4) is 0 Å². The Balaban J connectivity index is 3.46. The standard InChI is InChI=1S/C6HI4O/c7-2-1-3(8)6(11)5(10)4(2)9/h1H. The fourth-order valence-electron chi connectivity index (χ4n) is 0.550. The fraction of sp³-hybridized carbons (Fsp3) is 0. The molecule has 0 heterocycles. The fourth-order valence-corrected chi connectivity index (χ4v) is 4.32. The highest BCUT2D eigenvalue weighted by molar-refractivity contribution is 14.1. The van der Waals surface area contributed by atoms with Crippen molar-refractivity contribution in [2.75, 3.05) is 0 Å². The van der Waals surface area contributed by atoms with Gasteiger partial charge in [0, 0.05) is 7.14 Å². The largest absolute Gasteiger partial charge is 0.288 e. The van der Waals surface area contributed by atoms with Gasteiger partial charge in [0.1, 0.15) is 0 Å². The molecule has 0 aliphatic rings. The van der Waals surface area contributed by atoms with Crippen molar-refractivity contribution in [2.45, 2.75) is 0 Å². The molecular weight excluding hydrogens is 596 g/mol. The zero-order chi connectivity index (χ0) is 8.59. The van der Waals surface area contributed by atoms with Gasteiger partial charge in [-0.1, -0.05) is 0 Å². The van der Waals surface area contributed by atoms with Gasteiger partial charge >= 0.3 is 0 Å². The van der Waals surface area contributed by atoms with Crippen LogP contribution in [0.5, 0.6) is 5.75 Å². The molecule has 0 unspecified atom stereocenters. The predicted molar refractivity (Wildman–Crippen MR) is 77.4 cm³/mol. The van der Waals surface area contributed by atoms with E-state index in [-0.39, 0.29) is 5.75 Å². The second kappa shape index (κ2) is 4.44. The number of hydrogen-bond donors (Lipinski definition) is 0. The Kier molecular flexibility index (Phi) is 4.45. The minimum atomic E-state index is 0.149. The summed E-state index contributed by atoms with van der Waals surface area (Å²) in [6.45, 7) is 0. The molecule has 0 amide bonds. The Labute approximate surface area is 119 Å². The highest BCUT2D eigenvalue weighted by atomic mass is 127. The summed E-state index contributed by atoms with van der Waals surface area (Å²) in [5.74, 6) is 0.149. The average Bonchev–Trinajstić information content (AvgIpc) is 1.97. The van der Waals surface area contributed by atoms with Crippen LogP contribution >= 0.6 is 90.4 Å². The summed E-state index contributed by atoms with van der Waals surface area (Å²) in [7, 11) is 0. The van der Waals surface area contributed by atoms with Gasteiger partial charge in [-0.3, -0.25) is 5.11 Å². The Bertz CT molecular complexity index is 271. The Morgan fingerprint density at radius 1 is 0.909 bits per heavy atom. The van der Waals surface area contributed by atoms with E-state index in [0.717, 1.165) is 14.3 Å². The minimum absolute atomic E-state index is 0.149. The summed E-state index contributed by atoms with van der Waals surface area (Å²) in [6.07, 6.45) is 0. The van der Waals surface area contributed by atoms with Crippen LogP contribution in [0.25, 0.3) is 0 Å². The van der Waals surface area contributed by atoms with Crippen LogP contribution in [0.1, 0.15) is 0 Å². The molecule has 0 bridgehead atoms. The minimum Gasteiger partial charge on any atom is -0.288 e. The van der Waals surface area contributed by atoms with E-state index in [9.17, 15) is 5.11 Å². The van der Waals surface area contributed by atoms with E-state index in [1.807, 2.05) is 6.07 Å². The summed E-state index contributed by atoms with van der Waals surface area (Å²) in [5.41, 5.74) is 0. The lowest BCUT2D eigenvalue weighted by Gasteiger charge is -2.01. The SMILES string of the molecule is [O]c1c(I)cc(I)c(I)c1I. The van der Waals surface area contributed by atoms with E-state index in [1.54, 1.807) is 0 Å². The number of halogens is 4. The molecule has 11 heavy (non-hydrogen) atoms. The first kappa shape index (κ1) is 11.0. The van der Waals surface area contributed by atoms with Crippen LogP contribution in [-0.2, 0) is 5.11 Å². The lowest BCUT2D eigenvalue weighted by Crippen LogP contribution is -1.87. The quantitative estimate of drug-likeness (QED) is 0.243. The first-order chi connectivity index (χ1) is 5.04. The molecule has 1 nitrogen and oxygen atoms in total. The van der Waals surface area contributed by atoms with E-state index in [0.29, 0.717) is 0 Å². The van der Waals surface area contributed by atoms with Crippen molar-refractivity contribution in [3.8, 4) is 5.75 Å². The van der Waals surface area contributed by atoms with Crippen LogP contribution in [0, 0.1) is 14.3 Å². The molecule has 0 fully saturated rings. The maximum Gasteiger partial charge on any atom is 0.206 e. The van der Waals surface area contributed by atoms with Gasteiger partial charge in [-0.25, -0.2) is 0 Å². The van der Waals surface area contributed by atoms with Gasteiger partial charge in [-0.05, 0) is 96.4 Å². The molecule has 0 spiro atoms. The maximum absolute atomic E-state index is 11.3. The van der Waals surface area contributed by atoms with E-state index >= 15 is 0 Å². The monoisotopic (exact) mass is 597 g/mol. The predicted octanol–water partition coefficient (Wildman–Crippen LogP) is 4.25. The van der Waals surface area contributed by atoms with Crippen molar-refractivity contribution in [1.82, 2.24) is 0 Å². The van der Waals surface area contributed by atoms with Crippen molar-refractivity contribution in [1.29, 1.82) is 0 Å². The van der Waals surface area contributed by atoms with Gasteiger partial charge < -0.3 is 0 Å². The topological polar surface area (TPSA) is 19.9 Å². The number of rotatable bonds is 0. The molecule has 1 rings (SSSR count). The summed E-state index contributed by atoms with van der Waals surface area (Å²) >= 11 is 8.59. The molecule has 0 aromatic heterocycles. The molecule has 1 radical (unpaired) electrons. The van der Waals surface area contributed by atoms with Gasteiger partial charge in [-0.15, -0.1) is 0 Å². The molecule has 0 atom stereocenters. The molecule has 0 saturated heterocycles.